The van der Waals surface area contributed by atoms with Crippen LogP contribution >= 0.6 is 0 Å². The molecule has 0 unspecified atom stereocenters. The number of imidazole rings is 1. The standard InChI is InChI=1S/C12H13N7/c13-8-1-2-9-10(5-8)16-12(15-9)18-3-4-19-7-14-17-11(19)6-18/h1-2,5,7H,3-4,6,13H2,(H,15,16). The van der Waals surface area contributed by atoms with E-state index in [1.807, 2.05) is 18.2 Å². The Bertz CT molecular complexity index is 741. The van der Waals surface area contributed by atoms with Gasteiger partial charge in [-0.25, -0.2) is 4.98 Å². The van der Waals surface area contributed by atoms with Crippen molar-refractivity contribution in [3.63, 3.8) is 0 Å². The number of nitrogen functional groups attached to an aromatic ring is 1. The van der Waals surface area contributed by atoms with Crippen molar-refractivity contribution in [2.45, 2.75) is 13.1 Å². The van der Waals surface area contributed by atoms with E-state index in [9.17, 15) is 0 Å². The van der Waals surface area contributed by atoms with Crippen LogP contribution < -0.4 is 10.6 Å². The largest absolute Gasteiger partial charge is 0.399 e. The Morgan fingerprint density at radius 1 is 1.26 bits per heavy atom. The Kier molecular flexibility index (Phi) is 2.02. The maximum atomic E-state index is 5.78. The van der Waals surface area contributed by atoms with Gasteiger partial charge in [-0.05, 0) is 18.2 Å². The highest BCUT2D eigenvalue weighted by Crippen LogP contribution is 2.22. The van der Waals surface area contributed by atoms with E-state index in [4.69, 9.17) is 5.73 Å². The van der Waals surface area contributed by atoms with Crippen molar-refractivity contribution in [3.8, 4) is 0 Å². The predicted octanol–water partition coefficient (Wildman–Crippen LogP) is 0.757. The quantitative estimate of drug-likeness (QED) is 0.627. The van der Waals surface area contributed by atoms with Gasteiger partial charge in [0.15, 0.2) is 5.82 Å². The van der Waals surface area contributed by atoms with E-state index in [-0.39, 0.29) is 0 Å². The number of benzene rings is 1. The zero-order valence-electron chi connectivity index (χ0n) is 10.2. The second kappa shape index (κ2) is 3.71. The van der Waals surface area contributed by atoms with E-state index in [0.717, 1.165) is 48.1 Å². The Balaban J connectivity index is 1.71. The highest BCUT2D eigenvalue weighted by atomic mass is 15.4. The number of anilines is 2. The van der Waals surface area contributed by atoms with Crippen LogP contribution in [0.2, 0.25) is 0 Å². The topological polar surface area (TPSA) is 88.7 Å². The lowest BCUT2D eigenvalue weighted by Crippen LogP contribution is -2.34. The highest BCUT2D eigenvalue weighted by Gasteiger charge is 2.20. The van der Waals surface area contributed by atoms with Crippen LogP contribution in [0.5, 0.6) is 0 Å². The van der Waals surface area contributed by atoms with E-state index in [0.29, 0.717) is 0 Å². The highest BCUT2D eigenvalue weighted by molar-refractivity contribution is 5.80. The Morgan fingerprint density at radius 3 is 3.16 bits per heavy atom. The second-order valence-electron chi connectivity index (χ2n) is 4.70. The molecule has 1 aliphatic rings. The summed E-state index contributed by atoms with van der Waals surface area (Å²) in [5, 5.41) is 8.04. The smallest absolute Gasteiger partial charge is 0.204 e. The lowest BCUT2D eigenvalue weighted by Gasteiger charge is -2.26. The summed E-state index contributed by atoms with van der Waals surface area (Å²) in [7, 11) is 0. The number of H-pyrrole nitrogens is 1. The number of nitrogens with zero attached hydrogens (tertiary/aromatic N) is 5. The molecule has 0 amide bonds. The SMILES string of the molecule is Nc1ccc2nc(N3CCn4cnnc4C3)[nH]c2c1. The van der Waals surface area contributed by atoms with E-state index in [1.165, 1.54) is 0 Å². The molecule has 7 heteroatoms. The number of aromatic nitrogens is 5. The molecule has 3 aromatic rings. The van der Waals surface area contributed by atoms with Crippen LogP contribution in [-0.4, -0.2) is 31.3 Å². The van der Waals surface area contributed by atoms with Gasteiger partial charge in [0, 0.05) is 18.8 Å². The molecule has 0 atom stereocenters. The van der Waals surface area contributed by atoms with Gasteiger partial charge in [-0.15, -0.1) is 10.2 Å². The molecule has 0 fully saturated rings. The van der Waals surface area contributed by atoms with Crippen LogP contribution in [-0.2, 0) is 13.1 Å². The van der Waals surface area contributed by atoms with Crippen molar-refractivity contribution in [1.29, 1.82) is 0 Å². The third-order valence-corrected chi connectivity index (χ3v) is 3.43. The zero-order chi connectivity index (χ0) is 12.8. The van der Waals surface area contributed by atoms with Gasteiger partial charge >= 0.3 is 0 Å². The summed E-state index contributed by atoms with van der Waals surface area (Å²) in [6.45, 7) is 2.48. The van der Waals surface area contributed by atoms with Gasteiger partial charge < -0.3 is 20.2 Å². The molecule has 0 bridgehead atoms. The van der Waals surface area contributed by atoms with E-state index < -0.39 is 0 Å². The van der Waals surface area contributed by atoms with Crippen molar-refractivity contribution in [2.75, 3.05) is 17.2 Å². The summed E-state index contributed by atoms with van der Waals surface area (Å²) in [5.41, 5.74) is 8.40. The van der Waals surface area contributed by atoms with Gasteiger partial charge in [0.05, 0.1) is 17.6 Å². The number of nitrogens with one attached hydrogen (secondary N) is 1. The summed E-state index contributed by atoms with van der Waals surface area (Å²) >= 11 is 0. The molecule has 4 rings (SSSR count). The molecule has 0 saturated heterocycles. The number of hydrogen-bond donors (Lipinski definition) is 2. The summed E-state index contributed by atoms with van der Waals surface area (Å²) in [6.07, 6.45) is 1.77. The maximum absolute atomic E-state index is 5.78. The Labute approximate surface area is 109 Å². The third-order valence-electron chi connectivity index (χ3n) is 3.43. The van der Waals surface area contributed by atoms with Crippen LogP contribution in [0.15, 0.2) is 24.5 Å². The van der Waals surface area contributed by atoms with Crippen LogP contribution in [0.25, 0.3) is 11.0 Å². The minimum absolute atomic E-state index is 0.718. The van der Waals surface area contributed by atoms with Gasteiger partial charge in [0.1, 0.15) is 6.33 Å². The molecule has 0 spiro atoms. The first kappa shape index (κ1) is 10.4. The van der Waals surface area contributed by atoms with E-state index in [1.54, 1.807) is 6.33 Å². The van der Waals surface area contributed by atoms with Gasteiger partial charge in [0.2, 0.25) is 5.95 Å². The summed E-state index contributed by atoms with van der Waals surface area (Å²) in [5.74, 6) is 1.82. The molecule has 3 N–H and O–H groups in total. The molecule has 2 aromatic heterocycles. The van der Waals surface area contributed by atoms with Gasteiger partial charge in [-0.1, -0.05) is 0 Å². The number of rotatable bonds is 1. The molecule has 3 heterocycles. The normalized spacial score (nSPS) is 14.8. The van der Waals surface area contributed by atoms with Crippen LogP contribution in [0.4, 0.5) is 11.6 Å². The molecule has 0 aliphatic carbocycles. The van der Waals surface area contributed by atoms with Crippen LogP contribution in [0.1, 0.15) is 5.82 Å². The molecule has 96 valence electrons. The second-order valence-corrected chi connectivity index (χ2v) is 4.70. The van der Waals surface area contributed by atoms with Crippen molar-refractivity contribution in [2.24, 2.45) is 0 Å². The summed E-state index contributed by atoms with van der Waals surface area (Å²) in [4.78, 5) is 10.1. The molecular weight excluding hydrogens is 242 g/mol. The number of nitrogens with two attached hydrogens (primary N) is 1. The van der Waals surface area contributed by atoms with Crippen molar-refractivity contribution in [3.05, 3.63) is 30.4 Å². The Hall–Kier alpha value is -2.57. The molecule has 1 aliphatic heterocycles. The summed E-state index contributed by atoms with van der Waals surface area (Å²) < 4.78 is 2.07. The molecular formula is C12H13N7. The first-order chi connectivity index (χ1) is 9.29. The maximum Gasteiger partial charge on any atom is 0.204 e. The van der Waals surface area contributed by atoms with E-state index in [2.05, 4.69) is 29.6 Å². The van der Waals surface area contributed by atoms with Crippen molar-refractivity contribution in [1.82, 2.24) is 24.7 Å². The molecule has 7 nitrogen and oxygen atoms in total. The lowest BCUT2D eigenvalue weighted by molar-refractivity contribution is 0.553. The van der Waals surface area contributed by atoms with Crippen molar-refractivity contribution < 1.29 is 0 Å². The average molecular weight is 255 g/mol. The zero-order valence-corrected chi connectivity index (χ0v) is 10.2. The van der Waals surface area contributed by atoms with Gasteiger partial charge in [-0.3, -0.25) is 0 Å². The van der Waals surface area contributed by atoms with E-state index >= 15 is 0 Å². The average Bonchev–Trinajstić information content (AvgIpc) is 3.02. The first-order valence-corrected chi connectivity index (χ1v) is 6.16. The van der Waals surface area contributed by atoms with Crippen LogP contribution in [0, 0.1) is 0 Å². The van der Waals surface area contributed by atoms with Gasteiger partial charge in [0.25, 0.3) is 0 Å². The first-order valence-electron chi connectivity index (χ1n) is 6.16. The van der Waals surface area contributed by atoms with Gasteiger partial charge in [-0.2, -0.15) is 0 Å². The molecule has 0 radical (unpaired) electrons. The molecule has 19 heavy (non-hydrogen) atoms. The minimum Gasteiger partial charge on any atom is -0.399 e. The number of aromatic amines is 1. The lowest BCUT2D eigenvalue weighted by atomic mass is 10.3. The predicted molar refractivity (Wildman–Crippen MR) is 71.6 cm³/mol. The monoisotopic (exact) mass is 255 g/mol. The number of hydrogen-bond acceptors (Lipinski definition) is 5. The van der Waals surface area contributed by atoms with Crippen LogP contribution in [0.3, 0.4) is 0 Å². The fraction of sp³-hybridized carbons (Fsp3) is 0.250. The Morgan fingerprint density at radius 2 is 2.21 bits per heavy atom. The molecule has 1 aromatic carbocycles. The third kappa shape index (κ3) is 1.62. The fourth-order valence-electron chi connectivity index (χ4n) is 2.41. The number of fused-ring (bicyclic) bond motifs is 2. The molecule has 0 saturated carbocycles. The fourth-order valence-corrected chi connectivity index (χ4v) is 2.41. The van der Waals surface area contributed by atoms with Crippen molar-refractivity contribution >= 4 is 22.7 Å². The summed E-state index contributed by atoms with van der Waals surface area (Å²) in [6, 6.07) is 5.69. The minimum atomic E-state index is 0.718.